The van der Waals surface area contributed by atoms with Crippen LogP contribution in [0.2, 0.25) is 0 Å². The average Bonchev–Trinajstić information content (AvgIpc) is 2.38. The number of ether oxygens (including phenoxy) is 2. The number of rotatable bonds is 1. The van der Waals surface area contributed by atoms with Crippen LogP contribution in [0, 0.1) is 0 Å². The molecule has 0 fully saturated rings. The van der Waals surface area contributed by atoms with Gasteiger partial charge in [0.2, 0.25) is 0 Å². The molecule has 0 amide bonds. The van der Waals surface area contributed by atoms with Crippen LogP contribution in [0.25, 0.3) is 0 Å². The molecule has 0 atom stereocenters. The second-order valence-electron chi connectivity index (χ2n) is 4.24. The first kappa shape index (κ1) is 10.6. The van der Waals surface area contributed by atoms with Crippen molar-refractivity contribution in [3.8, 4) is 0 Å². The highest BCUT2D eigenvalue weighted by atomic mass is 16.7. The monoisotopic (exact) mass is 208 g/mol. The zero-order chi connectivity index (χ0) is 10.9. The lowest BCUT2D eigenvalue weighted by molar-refractivity contribution is -0.219. The van der Waals surface area contributed by atoms with Crippen molar-refractivity contribution in [2.75, 3.05) is 0 Å². The Kier molecular flexibility index (Phi) is 2.78. The summed E-state index contributed by atoms with van der Waals surface area (Å²) in [6, 6.07) is 5.88. The summed E-state index contributed by atoms with van der Waals surface area (Å²) in [5.41, 5.74) is 3.15. The maximum absolute atomic E-state index is 9.04. The molecular formula is C12H16O3. The van der Waals surface area contributed by atoms with Gasteiger partial charge < -0.3 is 14.6 Å². The van der Waals surface area contributed by atoms with Gasteiger partial charge >= 0.3 is 0 Å². The van der Waals surface area contributed by atoms with Crippen LogP contribution in [-0.2, 0) is 29.3 Å². The molecule has 2 rings (SSSR count). The van der Waals surface area contributed by atoms with Crippen molar-refractivity contribution in [2.24, 2.45) is 0 Å². The van der Waals surface area contributed by atoms with Crippen LogP contribution in [0.1, 0.15) is 30.5 Å². The standard InChI is InChI=1S/C12H16O3/c1-12(2)14-7-10-4-3-9(6-13)5-11(10)8-15-12/h3-5,13H,6-8H2,1-2H3. The molecule has 1 aliphatic rings. The highest BCUT2D eigenvalue weighted by Gasteiger charge is 2.23. The molecule has 15 heavy (non-hydrogen) atoms. The molecule has 0 bridgehead atoms. The Morgan fingerprint density at radius 2 is 1.87 bits per heavy atom. The van der Waals surface area contributed by atoms with Crippen LogP contribution in [-0.4, -0.2) is 10.9 Å². The SMILES string of the molecule is CC1(C)OCc2ccc(CO)cc2CO1. The summed E-state index contributed by atoms with van der Waals surface area (Å²) < 4.78 is 11.2. The van der Waals surface area contributed by atoms with Gasteiger partial charge in [-0.25, -0.2) is 0 Å². The predicted molar refractivity (Wildman–Crippen MR) is 56.0 cm³/mol. The first-order chi connectivity index (χ1) is 7.11. The van der Waals surface area contributed by atoms with Gasteiger partial charge in [0.25, 0.3) is 0 Å². The smallest absolute Gasteiger partial charge is 0.163 e. The van der Waals surface area contributed by atoms with Crippen LogP contribution < -0.4 is 0 Å². The topological polar surface area (TPSA) is 38.7 Å². The van der Waals surface area contributed by atoms with Crippen molar-refractivity contribution >= 4 is 0 Å². The molecule has 0 aromatic heterocycles. The molecule has 0 aliphatic carbocycles. The van der Waals surface area contributed by atoms with E-state index in [1.54, 1.807) is 0 Å². The Morgan fingerprint density at radius 1 is 1.20 bits per heavy atom. The summed E-state index contributed by atoms with van der Waals surface area (Å²) in [6.45, 7) is 4.99. The molecule has 1 aromatic rings. The largest absolute Gasteiger partial charge is 0.392 e. The highest BCUT2D eigenvalue weighted by Crippen LogP contribution is 2.24. The van der Waals surface area contributed by atoms with E-state index >= 15 is 0 Å². The van der Waals surface area contributed by atoms with Gasteiger partial charge in [0.1, 0.15) is 0 Å². The van der Waals surface area contributed by atoms with Gasteiger partial charge in [0.15, 0.2) is 5.79 Å². The number of benzene rings is 1. The Labute approximate surface area is 89.6 Å². The summed E-state index contributed by atoms with van der Waals surface area (Å²) in [5, 5.41) is 9.04. The van der Waals surface area contributed by atoms with Crippen LogP contribution in [0.5, 0.6) is 0 Å². The second kappa shape index (κ2) is 3.93. The minimum atomic E-state index is -0.529. The van der Waals surface area contributed by atoms with Gasteiger partial charge in [-0.2, -0.15) is 0 Å². The van der Waals surface area contributed by atoms with E-state index in [0.717, 1.165) is 16.7 Å². The first-order valence-corrected chi connectivity index (χ1v) is 5.10. The third-order valence-corrected chi connectivity index (χ3v) is 2.60. The molecule has 1 aliphatic heterocycles. The molecule has 1 heterocycles. The molecule has 1 aromatic carbocycles. The lowest BCUT2D eigenvalue weighted by Crippen LogP contribution is -2.25. The summed E-state index contributed by atoms with van der Waals surface area (Å²) in [6.07, 6.45) is 0. The third-order valence-electron chi connectivity index (χ3n) is 2.60. The fourth-order valence-electron chi connectivity index (χ4n) is 1.60. The lowest BCUT2D eigenvalue weighted by atomic mass is 10.1. The zero-order valence-corrected chi connectivity index (χ0v) is 9.12. The van der Waals surface area contributed by atoms with Crippen LogP contribution in [0.15, 0.2) is 18.2 Å². The van der Waals surface area contributed by atoms with Gasteiger partial charge in [-0.05, 0) is 30.5 Å². The summed E-state index contributed by atoms with van der Waals surface area (Å²) in [4.78, 5) is 0. The van der Waals surface area contributed by atoms with Crippen molar-refractivity contribution in [3.63, 3.8) is 0 Å². The Hall–Kier alpha value is -0.900. The van der Waals surface area contributed by atoms with Gasteiger partial charge in [0.05, 0.1) is 19.8 Å². The molecule has 3 nitrogen and oxygen atoms in total. The van der Waals surface area contributed by atoms with Crippen molar-refractivity contribution < 1.29 is 14.6 Å². The lowest BCUT2D eigenvalue weighted by Gasteiger charge is -2.22. The molecule has 0 unspecified atom stereocenters. The Bertz CT molecular complexity index is 358. The maximum atomic E-state index is 9.04. The fraction of sp³-hybridized carbons (Fsp3) is 0.500. The van der Waals surface area contributed by atoms with E-state index in [1.165, 1.54) is 0 Å². The Balaban J connectivity index is 2.27. The minimum absolute atomic E-state index is 0.0670. The number of fused-ring (bicyclic) bond motifs is 1. The van der Waals surface area contributed by atoms with Gasteiger partial charge in [-0.15, -0.1) is 0 Å². The second-order valence-corrected chi connectivity index (χ2v) is 4.24. The molecule has 0 saturated carbocycles. The van der Waals surface area contributed by atoms with Crippen LogP contribution in [0.4, 0.5) is 0 Å². The quantitative estimate of drug-likeness (QED) is 0.766. The third kappa shape index (κ3) is 2.37. The average molecular weight is 208 g/mol. The molecule has 82 valence electrons. The Morgan fingerprint density at radius 3 is 2.53 bits per heavy atom. The zero-order valence-electron chi connectivity index (χ0n) is 9.12. The van der Waals surface area contributed by atoms with E-state index in [0.29, 0.717) is 13.2 Å². The summed E-state index contributed by atoms with van der Waals surface area (Å²) in [5.74, 6) is -0.529. The number of aliphatic hydroxyl groups excluding tert-OH is 1. The molecule has 0 radical (unpaired) electrons. The van der Waals surface area contributed by atoms with E-state index in [-0.39, 0.29) is 6.61 Å². The fourth-order valence-corrected chi connectivity index (χ4v) is 1.60. The van der Waals surface area contributed by atoms with Crippen LogP contribution >= 0.6 is 0 Å². The van der Waals surface area contributed by atoms with Gasteiger partial charge in [-0.3, -0.25) is 0 Å². The van der Waals surface area contributed by atoms with E-state index in [1.807, 2.05) is 32.0 Å². The number of aliphatic hydroxyl groups is 1. The van der Waals surface area contributed by atoms with Crippen molar-refractivity contribution in [3.05, 3.63) is 34.9 Å². The molecule has 0 spiro atoms. The predicted octanol–water partition coefficient (Wildman–Crippen LogP) is 1.96. The van der Waals surface area contributed by atoms with Crippen LogP contribution in [0.3, 0.4) is 0 Å². The van der Waals surface area contributed by atoms with Crippen molar-refractivity contribution in [1.29, 1.82) is 0 Å². The van der Waals surface area contributed by atoms with E-state index in [4.69, 9.17) is 14.6 Å². The summed E-state index contributed by atoms with van der Waals surface area (Å²) >= 11 is 0. The summed E-state index contributed by atoms with van der Waals surface area (Å²) in [7, 11) is 0. The maximum Gasteiger partial charge on any atom is 0.163 e. The molecular weight excluding hydrogens is 192 g/mol. The first-order valence-electron chi connectivity index (χ1n) is 5.10. The van der Waals surface area contributed by atoms with E-state index in [2.05, 4.69) is 0 Å². The molecule has 1 N–H and O–H groups in total. The van der Waals surface area contributed by atoms with E-state index in [9.17, 15) is 0 Å². The van der Waals surface area contributed by atoms with Gasteiger partial charge in [0, 0.05) is 0 Å². The molecule has 3 heteroatoms. The normalized spacial score (nSPS) is 19.4. The van der Waals surface area contributed by atoms with Crippen molar-refractivity contribution in [1.82, 2.24) is 0 Å². The van der Waals surface area contributed by atoms with Gasteiger partial charge in [-0.1, -0.05) is 18.2 Å². The number of hydrogen-bond acceptors (Lipinski definition) is 3. The number of hydrogen-bond donors (Lipinski definition) is 1. The van der Waals surface area contributed by atoms with E-state index < -0.39 is 5.79 Å². The molecule has 0 saturated heterocycles. The highest BCUT2D eigenvalue weighted by molar-refractivity contribution is 5.31. The van der Waals surface area contributed by atoms with Crippen molar-refractivity contribution in [2.45, 2.75) is 39.5 Å². The minimum Gasteiger partial charge on any atom is -0.392 e.